The Bertz CT molecular complexity index is 3400. The van der Waals surface area contributed by atoms with Gasteiger partial charge in [0.25, 0.3) is 0 Å². The van der Waals surface area contributed by atoms with E-state index in [1.807, 2.05) is 0 Å². The van der Waals surface area contributed by atoms with Gasteiger partial charge in [0.15, 0.2) is 18.9 Å². The minimum absolute atomic E-state index is 0.0507. The topological polar surface area (TPSA) is 172 Å². The van der Waals surface area contributed by atoms with Crippen LogP contribution in [0, 0.1) is 0 Å². The summed E-state index contributed by atoms with van der Waals surface area (Å²) in [6.45, 7) is -3.40. The largest absolute Gasteiger partial charge is 0.486 e. The number of alkyl halides is 13. The van der Waals surface area contributed by atoms with Gasteiger partial charge in [0.1, 0.15) is 11.5 Å². The normalized spacial score (nSPS) is 18.0. The van der Waals surface area contributed by atoms with E-state index in [-0.39, 0.29) is 64.6 Å². The van der Waals surface area contributed by atoms with Crippen LogP contribution in [-0.2, 0) is 56.9 Å². The van der Waals surface area contributed by atoms with Crippen molar-refractivity contribution in [1.82, 2.24) is 0 Å². The number of ether oxygens (including phenoxy) is 3. The average molecular weight is 1310 g/mol. The predicted molar refractivity (Wildman–Crippen MR) is 278 cm³/mol. The number of nitrogens with zero attached hydrogens (tertiary/aromatic N) is 2. The first-order chi connectivity index (χ1) is 38.3. The fraction of sp³-hybridized carbons (Fsp3) is 0.241. The van der Waals surface area contributed by atoms with Gasteiger partial charge in [-0.05, 0) is 95.6 Å². The number of rotatable bonds is 19. The Kier molecular flexibility index (Phi) is 17.2. The molecule has 0 fully saturated rings. The molecule has 0 saturated heterocycles. The molecule has 82 heavy (non-hydrogen) atoms. The number of benzene rings is 6. The number of halogens is 14. The monoisotopic (exact) mass is 1310 g/mol. The van der Waals surface area contributed by atoms with E-state index in [9.17, 15) is 77.3 Å². The maximum atomic E-state index is 16.0. The summed E-state index contributed by atoms with van der Waals surface area (Å²) in [6.07, 6.45) is -22.1. The molecule has 0 radical (unpaired) electrons. The Balaban J connectivity index is 1.30. The first-order valence-electron chi connectivity index (χ1n) is 23.5. The van der Waals surface area contributed by atoms with Crippen LogP contribution in [0.5, 0.6) is 11.5 Å². The highest BCUT2D eigenvalue weighted by Crippen LogP contribution is 2.59. The Morgan fingerprint density at radius 3 is 1.63 bits per heavy atom. The maximum absolute atomic E-state index is 16.0. The third kappa shape index (κ3) is 12.7. The molecule has 3 unspecified atom stereocenters. The zero-order chi connectivity index (χ0) is 59.9. The van der Waals surface area contributed by atoms with Crippen LogP contribution in [0.15, 0.2) is 132 Å². The molecule has 432 valence electrons. The van der Waals surface area contributed by atoms with E-state index in [1.165, 1.54) is 59.5 Å². The smallest absolute Gasteiger partial charge is 0.416 e. The van der Waals surface area contributed by atoms with Crippen LogP contribution in [0.4, 0.5) is 69.7 Å². The molecule has 0 aliphatic carbocycles. The molecule has 0 spiro atoms. The average Bonchev–Trinajstić information content (AvgIpc) is 1.60. The molecule has 2 aliphatic rings. The summed E-state index contributed by atoms with van der Waals surface area (Å²) in [5, 5.41) is 21.6. The fourth-order valence-electron chi connectivity index (χ4n) is 9.33. The second-order valence-corrected chi connectivity index (χ2v) is 21.1. The van der Waals surface area contributed by atoms with E-state index in [0.717, 1.165) is 34.9 Å². The maximum Gasteiger partial charge on any atom is 0.416 e. The number of carboxylic acid groups (broad SMARTS) is 2. The molecule has 0 aromatic heterocycles. The number of Topliss-reactive ketones (excluding diaryl/α,β-unsaturated/α-hetero) is 2. The Labute approximate surface area is 476 Å². The quantitative estimate of drug-likeness (QED) is 0.0517. The van der Waals surface area contributed by atoms with Crippen molar-refractivity contribution in [1.29, 1.82) is 0 Å². The Morgan fingerprint density at radius 2 is 1.12 bits per heavy atom. The van der Waals surface area contributed by atoms with Gasteiger partial charge in [0.05, 0.1) is 56.4 Å². The summed E-state index contributed by atoms with van der Waals surface area (Å²) < 4.78 is 188. The molecule has 6 aromatic carbocycles. The van der Waals surface area contributed by atoms with Crippen molar-refractivity contribution in [3.05, 3.63) is 182 Å². The number of aromatic carboxylic acids is 2. The molecule has 2 heterocycles. The number of fused-ring (bicyclic) bond motifs is 2. The fourth-order valence-corrected chi connectivity index (χ4v) is 11.6. The molecule has 0 saturated carbocycles. The van der Waals surface area contributed by atoms with Crippen LogP contribution in [0.25, 0.3) is 0 Å². The molecule has 6 aromatic rings. The van der Waals surface area contributed by atoms with Crippen molar-refractivity contribution in [2.45, 2.75) is 53.9 Å². The molecule has 0 bridgehead atoms. The van der Waals surface area contributed by atoms with Crippen molar-refractivity contribution in [2.75, 3.05) is 40.0 Å². The minimum atomic E-state index is -5.38. The van der Waals surface area contributed by atoms with Gasteiger partial charge >= 0.3 is 36.6 Å². The second kappa shape index (κ2) is 23.2. The van der Waals surface area contributed by atoms with Crippen LogP contribution in [0.3, 0.4) is 0 Å². The summed E-state index contributed by atoms with van der Waals surface area (Å²) in [7, 11) is 0. The van der Waals surface area contributed by atoms with Crippen molar-refractivity contribution >= 4 is 90.1 Å². The minimum Gasteiger partial charge on any atom is -0.486 e. The molecule has 8 rings (SSSR count). The van der Waals surface area contributed by atoms with E-state index < -0.39 is 153 Å². The van der Waals surface area contributed by atoms with Crippen molar-refractivity contribution in [3.8, 4) is 11.5 Å². The predicted octanol–water partition coefficient (Wildman–Crippen LogP) is 13.5. The second-order valence-electron chi connectivity index (χ2n) is 18.3. The van der Waals surface area contributed by atoms with E-state index >= 15 is 9.59 Å². The highest BCUT2D eigenvalue weighted by molar-refractivity contribution is 9.10. The van der Waals surface area contributed by atoms with E-state index in [4.69, 9.17) is 14.2 Å². The molecule has 2 aliphatic heterocycles. The van der Waals surface area contributed by atoms with Gasteiger partial charge in [-0.1, -0.05) is 80.4 Å². The van der Waals surface area contributed by atoms with Crippen LogP contribution in [0.2, 0.25) is 0 Å². The van der Waals surface area contributed by atoms with Crippen molar-refractivity contribution < 1.29 is 101 Å². The zero-order valence-corrected chi connectivity index (χ0v) is 45.2. The molecule has 28 heteroatoms. The molecule has 3 atom stereocenters. The van der Waals surface area contributed by atoms with Gasteiger partial charge < -0.3 is 39.5 Å². The highest BCUT2D eigenvalue weighted by Gasteiger charge is 2.68. The first kappa shape index (κ1) is 60.8. The van der Waals surface area contributed by atoms with Crippen LogP contribution in [0.1, 0.15) is 64.5 Å². The lowest BCUT2D eigenvalue weighted by Gasteiger charge is -2.53. The van der Waals surface area contributed by atoms with Gasteiger partial charge in [-0.15, -0.1) is 11.8 Å². The van der Waals surface area contributed by atoms with Crippen molar-refractivity contribution in [3.63, 3.8) is 0 Å². The lowest BCUT2D eigenvalue weighted by atomic mass is 9.92. The highest BCUT2D eigenvalue weighted by atomic mass is 79.9. The lowest BCUT2D eigenvalue weighted by molar-refractivity contribution is -0.152. The molecule has 1 amide bonds. The molecule has 13 nitrogen and oxygen atoms in total. The summed E-state index contributed by atoms with van der Waals surface area (Å²) in [5.74, 6) is -9.77. The number of nitrogens with one attached hydrogen (secondary N) is 1. The summed E-state index contributed by atoms with van der Waals surface area (Å²) >= 11 is 7.66. The standard InChI is InChI=1S/C54H37Br2F12N3O10S/c55-36-8-5-6-28(12-36)23-81-50(44(73)25-80-39-20-34(53(63,64)65)17-35(21-39)54(66,67)68)46(56)40-9-2-4-11-42(40)71(50)49(43(72)24-79-38-18-32(51(57,58)59)16-33(19-38)52(60,61)62)22-29-7-1-3-10-41(29)70(49)27-82-26-45(74)69-37-14-30(47(75)76)13-31(15-37)48(77)78/h1-21,46H,22-27H2,(H,69,74)(H,75,76)(H,77,78). The number of hydrogen-bond acceptors (Lipinski definition) is 11. The van der Waals surface area contributed by atoms with Crippen LogP contribution in [-0.4, -0.2) is 75.9 Å². The van der Waals surface area contributed by atoms with Crippen molar-refractivity contribution in [2.24, 2.45) is 0 Å². The summed E-state index contributed by atoms with van der Waals surface area (Å²) in [6, 6.07) is 21.3. The Morgan fingerprint density at radius 1 is 0.622 bits per heavy atom. The van der Waals surface area contributed by atoms with Gasteiger partial charge in [-0.25, -0.2) is 9.59 Å². The number of para-hydroxylation sites is 2. The zero-order valence-electron chi connectivity index (χ0n) is 41.2. The number of ketones is 2. The molecule has 3 N–H and O–H groups in total. The van der Waals surface area contributed by atoms with E-state index in [2.05, 4.69) is 37.2 Å². The van der Waals surface area contributed by atoms with E-state index in [0.29, 0.717) is 10.0 Å². The number of amides is 1. The number of anilines is 3. The number of hydrogen-bond donors (Lipinski definition) is 3. The van der Waals surface area contributed by atoms with Gasteiger partial charge in [0.2, 0.25) is 23.2 Å². The first-order valence-corrected chi connectivity index (χ1v) is 26.4. The summed E-state index contributed by atoms with van der Waals surface area (Å²) in [4.78, 5) is 70.0. The van der Waals surface area contributed by atoms with Crippen LogP contribution < -0.4 is 24.6 Å². The number of carbonyl (C=O) groups is 5. The number of thioether (sulfide) groups is 1. The van der Waals surface area contributed by atoms with Gasteiger partial charge in [-0.2, -0.15) is 52.7 Å². The third-order valence-electron chi connectivity index (χ3n) is 12.9. The lowest BCUT2D eigenvalue weighted by Crippen LogP contribution is -2.74. The molecular weight excluding hydrogens is 1270 g/mol. The SMILES string of the molecule is O=C(CSCN1c2ccccc2CC1(C(=O)COc1cc(C(F)(F)F)cc(C(F)(F)F)c1)N1c2ccccc2C(Br)C1(OCc1cccc(Br)c1)C(=O)COc1cc(C(F)(F)F)cc(C(F)(F)F)c1)Nc1cc(C(=O)O)cc(C(=O)O)c1. The van der Waals surface area contributed by atoms with Crippen LogP contribution >= 0.6 is 43.6 Å². The third-order valence-corrected chi connectivity index (χ3v) is 15.4. The van der Waals surface area contributed by atoms with Gasteiger partial charge in [0, 0.05) is 28.0 Å². The number of carbonyl (C=O) groups excluding carboxylic acids is 3. The van der Waals surface area contributed by atoms with Gasteiger partial charge in [-0.3, -0.25) is 14.4 Å². The number of carboxylic acids is 2. The van der Waals surface area contributed by atoms with E-state index in [1.54, 1.807) is 18.2 Å². The summed E-state index contributed by atoms with van der Waals surface area (Å²) in [5.41, 5.74) is -13.0. The molecular formula is C54H37Br2F12N3O10S. The Hall–Kier alpha value is -7.30.